The van der Waals surface area contributed by atoms with Crippen molar-refractivity contribution >= 4 is 23.1 Å². The highest BCUT2D eigenvalue weighted by Gasteiger charge is 2.23. The van der Waals surface area contributed by atoms with E-state index in [1.54, 1.807) is 11.3 Å². The minimum absolute atomic E-state index is 0.00129. The van der Waals surface area contributed by atoms with Crippen molar-refractivity contribution in [2.75, 3.05) is 11.4 Å². The Bertz CT molecular complexity index is 620. The zero-order valence-electron chi connectivity index (χ0n) is 11.6. The van der Waals surface area contributed by atoms with Crippen molar-refractivity contribution in [1.82, 2.24) is 5.32 Å². The molecule has 4 heteroatoms. The van der Waals surface area contributed by atoms with Gasteiger partial charge in [0.2, 0.25) is 0 Å². The first-order chi connectivity index (χ1) is 9.78. The number of aryl methyl sites for hydroxylation is 1. The molecule has 0 saturated heterocycles. The lowest BCUT2D eigenvalue weighted by Crippen LogP contribution is -2.38. The largest absolute Gasteiger partial charge is 0.333 e. The Labute approximate surface area is 123 Å². The molecular weight excluding hydrogens is 268 g/mol. The molecule has 0 unspecified atom stereocenters. The van der Waals surface area contributed by atoms with Crippen LogP contribution in [0.25, 0.3) is 0 Å². The molecule has 0 aliphatic carbocycles. The summed E-state index contributed by atoms with van der Waals surface area (Å²) < 4.78 is 0. The van der Waals surface area contributed by atoms with E-state index < -0.39 is 0 Å². The van der Waals surface area contributed by atoms with E-state index in [-0.39, 0.29) is 6.03 Å². The van der Waals surface area contributed by atoms with Gasteiger partial charge in [0.05, 0.1) is 6.54 Å². The van der Waals surface area contributed by atoms with Crippen LogP contribution < -0.4 is 10.2 Å². The van der Waals surface area contributed by atoms with E-state index in [0.717, 1.165) is 25.1 Å². The molecule has 0 atom stereocenters. The maximum Gasteiger partial charge on any atom is 0.322 e. The Kier molecular flexibility index (Phi) is 3.74. The molecule has 1 aliphatic heterocycles. The van der Waals surface area contributed by atoms with E-state index in [9.17, 15) is 4.79 Å². The van der Waals surface area contributed by atoms with Crippen LogP contribution in [0.5, 0.6) is 0 Å². The summed E-state index contributed by atoms with van der Waals surface area (Å²) in [5.41, 5.74) is 2.30. The Morgan fingerprint density at radius 3 is 2.85 bits per heavy atom. The molecule has 20 heavy (non-hydrogen) atoms. The van der Waals surface area contributed by atoms with Crippen LogP contribution in [-0.2, 0) is 19.4 Å². The standard InChI is InChI=1S/C16H18N2OS/c1-2-13-7-8-14(20-13)11-17-16(19)18-10-9-12-5-3-4-6-15(12)18/h3-8H,2,9-11H2,1H3,(H,17,19). The summed E-state index contributed by atoms with van der Waals surface area (Å²) in [5, 5.41) is 3.02. The topological polar surface area (TPSA) is 32.3 Å². The number of urea groups is 1. The number of amides is 2. The Morgan fingerprint density at radius 2 is 2.05 bits per heavy atom. The van der Waals surface area contributed by atoms with Gasteiger partial charge in [-0.25, -0.2) is 4.79 Å². The highest BCUT2D eigenvalue weighted by atomic mass is 32.1. The number of nitrogens with one attached hydrogen (secondary N) is 1. The monoisotopic (exact) mass is 286 g/mol. The molecule has 2 heterocycles. The average Bonchev–Trinajstić information content (AvgIpc) is 3.11. The first kappa shape index (κ1) is 13.2. The van der Waals surface area contributed by atoms with Gasteiger partial charge in [0, 0.05) is 22.0 Å². The van der Waals surface area contributed by atoms with Crippen LogP contribution in [-0.4, -0.2) is 12.6 Å². The summed E-state index contributed by atoms with van der Waals surface area (Å²) >= 11 is 1.77. The zero-order valence-corrected chi connectivity index (χ0v) is 12.4. The summed E-state index contributed by atoms with van der Waals surface area (Å²) in [5.74, 6) is 0. The molecule has 2 amide bonds. The molecule has 1 aromatic carbocycles. The number of hydrogen-bond donors (Lipinski definition) is 1. The zero-order chi connectivity index (χ0) is 13.9. The maximum absolute atomic E-state index is 12.3. The van der Waals surface area contributed by atoms with E-state index in [2.05, 4.69) is 30.4 Å². The first-order valence-electron chi connectivity index (χ1n) is 6.99. The van der Waals surface area contributed by atoms with E-state index in [4.69, 9.17) is 0 Å². The maximum atomic E-state index is 12.3. The predicted molar refractivity (Wildman–Crippen MR) is 83.4 cm³/mol. The molecule has 1 N–H and O–H groups in total. The van der Waals surface area contributed by atoms with Gasteiger partial charge in [-0.2, -0.15) is 0 Å². The van der Waals surface area contributed by atoms with Gasteiger partial charge in [-0.05, 0) is 36.6 Å². The van der Waals surface area contributed by atoms with Crippen LogP contribution in [0.1, 0.15) is 22.2 Å². The van der Waals surface area contributed by atoms with Crippen molar-refractivity contribution in [3.05, 3.63) is 51.7 Å². The lowest BCUT2D eigenvalue weighted by Gasteiger charge is -2.17. The molecule has 0 fully saturated rings. The van der Waals surface area contributed by atoms with Gasteiger partial charge in [-0.15, -0.1) is 11.3 Å². The molecule has 1 aromatic heterocycles. The number of rotatable bonds is 3. The lowest BCUT2D eigenvalue weighted by molar-refractivity contribution is 0.246. The fraction of sp³-hybridized carbons (Fsp3) is 0.312. The van der Waals surface area contributed by atoms with E-state index in [1.807, 2.05) is 23.1 Å². The fourth-order valence-electron chi connectivity index (χ4n) is 2.51. The number of nitrogens with zero attached hydrogens (tertiary/aromatic N) is 1. The number of hydrogen-bond acceptors (Lipinski definition) is 2. The molecule has 1 aliphatic rings. The second kappa shape index (κ2) is 5.67. The quantitative estimate of drug-likeness (QED) is 0.919. The highest BCUT2D eigenvalue weighted by molar-refractivity contribution is 7.11. The summed E-state index contributed by atoms with van der Waals surface area (Å²) in [6, 6.07) is 12.4. The number of para-hydroxylation sites is 1. The smallest absolute Gasteiger partial charge is 0.322 e. The second-order valence-corrected chi connectivity index (χ2v) is 6.16. The SMILES string of the molecule is CCc1ccc(CNC(=O)N2CCc3ccccc32)s1. The van der Waals surface area contributed by atoms with Crippen LogP contribution >= 0.6 is 11.3 Å². The lowest BCUT2D eigenvalue weighted by atomic mass is 10.2. The van der Waals surface area contributed by atoms with Crippen molar-refractivity contribution < 1.29 is 4.79 Å². The average molecular weight is 286 g/mol. The van der Waals surface area contributed by atoms with Gasteiger partial charge < -0.3 is 5.32 Å². The van der Waals surface area contributed by atoms with Crippen molar-refractivity contribution in [2.24, 2.45) is 0 Å². The van der Waals surface area contributed by atoms with Crippen LogP contribution in [0, 0.1) is 0 Å². The number of carbonyl (C=O) groups excluding carboxylic acids is 1. The minimum Gasteiger partial charge on any atom is -0.333 e. The molecule has 2 aromatic rings. The molecule has 3 rings (SSSR count). The molecule has 3 nitrogen and oxygen atoms in total. The summed E-state index contributed by atoms with van der Waals surface area (Å²) in [6.07, 6.45) is 2.00. The summed E-state index contributed by atoms with van der Waals surface area (Å²) in [7, 11) is 0. The van der Waals surface area contributed by atoms with E-state index in [1.165, 1.54) is 15.3 Å². The van der Waals surface area contributed by atoms with E-state index >= 15 is 0 Å². The molecule has 0 spiro atoms. The van der Waals surface area contributed by atoms with Gasteiger partial charge in [0.25, 0.3) is 0 Å². The fourth-order valence-corrected chi connectivity index (χ4v) is 3.41. The first-order valence-corrected chi connectivity index (χ1v) is 7.80. The van der Waals surface area contributed by atoms with Gasteiger partial charge >= 0.3 is 6.03 Å². The third-order valence-corrected chi connectivity index (χ3v) is 4.84. The third-order valence-electron chi connectivity index (χ3n) is 3.61. The van der Waals surface area contributed by atoms with Gasteiger partial charge in [-0.1, -0.05) is 25.1 Å². The number of anilines is 1. The molecule has 0 saturated carbocycles. The van der Waals surface area contributed by atoms with Crippen LogP contribution in [0.15, 0.2) is 36.4 Å². The second-order valence-electron chi connectivity index (χ2n) is 4.91. The number of thiophene rings is 1. The van der Waals surface area contributed by atoms with Gasteiger partial charge in [-0.3, -0.25) is 4.90 Å². The van der Waals surface area contributed by atoms with Crippen molar-refractivity contribution in [1.29, 1.82) is 0 Å². The molecule has 104 valence electrons. The Balaban J connectivity index is 1.63. The summed E-state index contributed by atoms with van der Waals surface area (Å²) in [6.45, 7) is 3.54. The Hall–Kier alpha value is -1.81. The van der Waals surface area contributed by atoms with Crippen LogP contribution in [0.4, 0.5) is 10.5 Å². The number of carbonyl (C=O) groups is 1. The molecule has 0 bridgehead atoms. The normalized spacial score (nSPS) is 13.3. The minimum atomic E-state index is 0.00129. The van der Waals surface area contributed by atoms with E-state index in [0.29, 0.717) is 6.54 Å². The Morgan fingerprint density at radius 1 is 1.25 bits per heavy atom. The summed E-state index contributed by atoms with van der Waals surface area (Å²) in [4.78, 5) is 16.7. The third kappa shape index (κ3) is 2.56. The number of benzene rings is 1. The van der Waals surface area contributed by atoms with Crippen molar-refractivity contribution in [2.45, 2.75) is 26.3 Å². The van der Waals surface area contributed by atoms with Gasteiger partial charge in [0.15, 0.2) is 0 Å². The van der Waals surface area contributed by atoms with Crippen molar-refractivity contribution in [3.8, 4) is 0 Å². The predicted octanol–water partition coefficient (Wildman–Crippen LogP) is 3.58. The van der Waals surface area contributed by atoms with Crippen LogP contribution in [0.3, 0.4) is 0 Å². The van der Waals surface area contributed by atoms with Gasteiger partial charge in [0.1, 0.15) is 0 Å². The highest BCUT2D eigenvalue weighted by Crippen LogP contribution is 2.27. The molecule has 0 radical (unpaired) electrons. The van der Waals surface area contributed by atoms with Crippen LogP contribution in [0.2, 0.25) is 0 Å². The molecular formula is C16H18N2OS. The van der Waals surface area contributed by atoms with Crippen molar-refractivity contribution in [3.63, 3.8) is 0 Å². The number of fused-ring (bicyclic) bond motifs is 1.